The fraction of sp³-hybridized carbons (Fsp3) is 0.211. The van der Waals surface area contributed by atoms with Gasteiger partial charge in [0.05, 0.1) is 18.2 Å². The molecule has 11 heteroatoms. The highest BCUT2D eigenvalue weighted by Gasteiger charge is 2.16. The third kappa shape index (κ3) is 3.28. The maximum absolute atomic E-state index is 12.5. The molecule has 3 aromatic heterocycles. The minimum Gasteiger partial charge on any atom is -0.454 e. The topological polar surface area (TPSA) is 113 Å². The summed E-state index contributed by atoms with van der Waals surface area (Å²) in [6.07, 6.45) is 3.03. The molecule has 10 nitrogen and oxygen atoms in total. The number of hydrogen-bond acceptors (Lipinski definition) is 8. The summed E-state index contributed by atoms with van der Waals surface area (Å²) in [6.45, 7) is 0.423. The second-order valence-electron chi connectivity index (χ2n) is 6.65. The number of carbonyl (C=O) groups excluding carboxylic acids is 1. The second kappa shape index (κ2) is 7.26. The van der Waals surface area contributed by atoms with Crippen LogP contribution in [0.25, 0.3) is 22.3 Å². The van der Waals surface area contributed by atoms with Gasteiger partial charge < -0.3 is 14.8 Å². The maximum Gasteiger partial charge on any atom is 0.264 e. The van der Waals surface area contributed by atoms with Crippen molar-refractivity contribution in [1.82, 2.24) is 24.3 Å². The van der Waals surface area contributed by atoms with Crippen molar-refractivity contribution in [2.45, 2.75) is 13.0 Å². The molecule has 152 valence electrons. The lowest BCUT2D eigenvalue weighted by Crippen LogP contribution is -2.23. The van der Waals surface area contributed by atoms with Gasteiger partial charge in [-0.3, -0.25) is 18.8 Å². The first kappa shape index (κ1) is 18.3. The van der Waals surface area contributed by atoms with Crippen LogP contribution in [0.5, 0.6) is 11.5 Å². The van der Waals surface area contributed by atoms with Gasteiger partial charge in [0.15, 0.2) is 22.3 Å². The number of amides is 1. The molecular formula is C19H16N6O4S. The van der Waals surface area contributed by atoms with Gasteiger partial charge in [0.25, 0.3) is 5.56 Å². The molecule has 0 bridgehead atoms. The smallest absolute Gasteiger partial charge is 0.264 e. The number of anilines is 1. The van der Waals surface area contributed by atoms with E-state index in [4.69, 9.17) is 9.47 Å². The van der Waals surface area contributed by atoms with Crippen LogP contribution in [-0.2, 0) is 18.4 Å². The molecule has 1 aliphatic heterocycles. The Hall–Kier alpha value is -3.73. The zero-order valence-corrected chi connectivity index (χ0v) is 16.7. The van der Waals surface area contributed by atoms with Crippen LogP contribution in [0.15, 0.2) is 40.9 Å². The summed E-state index contributed by atoms with van der Waals surface area (Å²) >= 11 is 1.33. The number of ether oxygens (including phenoxy) is 2. The van der Waals surface area contributed by atoms with Gasteiger partial charge in [-0.2, -0.15) is 5.10 Å². The van der Waals surface area contributed by atoms with Crippen LogP contribution in [0.4, 0.5) is 5.13 Å². The Labute approximate surface area is 173 Å². The first-order valence-corrected chi connectivity index (χ1v) is 9.99. The van der Waals surface area contributed by atoms with Crippen molar-refractivity contribution in [2.24, 2.45) is 7.05 Å². The molecule has 0 saturated heterocycles. The Morgan fingerprint density at radius 2 is 2.17 bits per heavy atom. The van der Waals surface area contributed by atoms with Gasteiger partial charge in [-0.05, 0) is 18.2 Å². The van der Waals surface area contributed by atoms with E-state index in [9.17, 15) is 9.59 Å². The Morgan fingerprint density at radius 3 is 3.07 bits per heavy atom. The number of rotatable bonds is 5. The normalized spacial score (nSPS) is 12.4. The van der Waals surface area contributed by atoms with Crippen molar-refractivity contribution in [3.63, 3.8) is 0 Å². The van der Waals surface area contributed by atoms with Crippen molar-refractivity contribution in [3.05, 3.63) is 46.5 Å². The summed E-state index contributed by atoms with van der Waals surface area (Å²) in [5.74, 6) is 1.15. The minimum absolute atomic E-state index is 0.117. The Bertz CT molecular complexity index is 1320. The first-order valence-electron chi connectivity index (χ1n) is 9.11. The second-order valence-corrected chi connectivity index (χ2v) is 7.51. The molecular weight excluding hydrogens is 408 g/mol. The van der Waals surface area contributed by atoms with Gasteiger partial charge in [-0.15, -0.1) is 11.3 Å². The average Bonchev–Trinajstić information content (AvgIpc) is 3.47. The van der Waals surface area contributed by atoms with Crippen LogP contribution in [0.3, 0.4) is 0 Å². The Kier molecular flexibility index (Phi) is 4.43. The van der Waals surface area contributed by atoms with Crippen molar-refractivity contribution >= 4 is 33.4 Å². The van der Waals surface area contributed by atoms with Gasteiger partial charge in [-0.25, -0.2) is 9.97 Å². The standard InChI is InChI=1S/C19H16N6O4S/c1-24-17-12(7-21-24)18(27)25(9-20-17)5-4-16(26)23-19-22-13(8-30-19)11-2-3-14-15(6-11)29-10-28-14/h2-3,6-9H,4-5,10H2,1H3,(H,22,23,26). The molecule has 1 aliphatic rings. The molecule has 30 heavy (non-hydrogen) atoms. The van der Waals surface area contributed by atoms with Gasteiger partial charge in [0, 0.05) is 31.0 Å². The van der Waals surface area contributed by atoms with Crippen molar-refractivity contribution in [1.29, 1.82) is 0 Å². The summed E-state index contributed by atoms with van der Waals surface area (Å²) in [4.78, 5) is 33.5. The van der Waals surface area contributed by atoms with Crippen molar-refractivity contribution in [2.75, 3.05) is 12.1 Å². The number of hydrogen-bond donors (Lipinski definition) is 1. The highest BCUT2D eigenvalue weighted by atomic mass is 32.1. The lowest BCUT2D eigenvalue weighted by atomic mass is 10.1. The highest BCUT2D eigenvalue weighted by Crippen LogP contribution is 2.36. The summed E-state index contributed by atoms with van der Waals surface area (Å²) < 4.78 is 13.6. The minimum atomic E-state index is -0.236. The van der Waals surface area contributed by atoms with Crippen molar-refractivity contribution < 1.29 is 14.3 Å². The molecule has 1 amide bonds. The quantitative estimate of drug-likeness (QED) is 0.521. The molecule has 0 unspecified atom stereocenters. The molecule has 4 aromatic rings. The number of aryl methyl sites for hydroxylation is 2. The van der Waals surface area contributed by atoms with Gasteiger partial charge >= 0.3 is 0 Å². The lowest BCUT2D eigenvalue weighted by Gasteiger charge is -2.05. The molecule has 0 aliphatic carbocycles. The maximum atomic E-state index is 12.5. The molecule has 1 aromatic carbocycles. The number of nitrogens with one attached hydrogen (secondary N) is 1. The van der Waals surface area contributed by atoms with E-state index in [1.807, 2.05) is 23.6 Å². The van der Waals surface area contributed by atoms with E-state index in [0.29, 0.717) is 27.7 Å². The number of benzene rings is 1. The molecule has 0 fully saturated rings. The SMILES string of the molecule is Cn1ncc2c(=O)n(CCC(=O)Nc3nc(-c4ccc5c(c4)OCO5)cs3)cnc21. The van der Waals surface area contributed by atoms with Crippen molar-refractivity contribution in [3.8, 4) is 22.8 Å². The van der Waals surface area contributed by atoms with Crippen LogP contribution >= 0.6 is 11.3 Å². The lowest BCUT2D eigenvalue weighted by molar-refractivity contribution is -0.116. The van der Waals surface area contributed by atoms with E-state index < -0.39 is 0 Å². The fourth-order valence-corrected chi connectivity index (χ4v) is 3.89. The number of nitrogens with zero attached hydrogens (tertiary/aromatic N) is 5. The zero-order valence-electron chi connectivity index (χ0n) is 15.9. The zero-order chi connectivity index (χ0) is 20.7. The van der Waals surface area contributed by atoms with E-state index in [2.05, 4.69) is 20.4 Å². The summed E-state index contributed by atoms with van der Waals surface area (Å²) in [7, 11) is 1.72. The van der Waals surface area contributed by atoms with Gasteiger partial charge in [-0.1, -0.05) is 0 Å². The van der Waals surface area contributed by atoms with Crippen LogP contribution < -0.4 is 20.3 Å². The predicted octanol–water partition coefficient (Wildman–Crippen LogP) is 2.01. The van der Waals surface area contributed by atoms with Gasteiger partial charge in [0.1, 0.15) is 5.39 Å². The molecule has 0 atom stereocenters. The Morgan fingerprint density at radius 1 is 1.30 bits per heavy atom. The van der Waals surface area contributed by atoms with Crippen LogP contribution in [0.2, 0.25) is 0 Å². The van der Waals surface area contributed by atoms with E-state index in [1.165, 1.54) is 33.1 Å². The highest BCUT2D eigenvalue weighted by molar-refractivity contribution is 7.14. The number of carbonyl (C=O) groups is 1. The van der Waals surface area contributed by atoms with E-state index in [1.54, 1.807) is 7.05 Å². The molecule has 4 heterocycles. The third-order valence-corrected chi connectivity index (χ3v) is 5.47. The largest absolute Gasteiger partial charge is 0.454 e. The summed E-state index contributed by atoms with van der Waals surface area (Å²) in [5, 5.41) is 9.58. The van der Waals surface area contributed by atoms with Crippen LogP contribution in [-0.4, -0.2) is 37.0 Å². The molecule has 1 N–H and O–H groups in total. The number of thiazole rings is 1. The predicted molar refractivity (Wildman–Crippen MR) is 110 cm³/mol. The number of aromatic nitrogens is 5. The monoisotopic (exact) mass is 424 g/mol. The fourth-order valence-electron chi connectivity index (χ4n) is 3.15. The van der Waals surface area contributed by atoms with Crippen LogP contribution in [0, 0.1) is 0 Å². The third-order valence-electron chi connectivity index (χ3n) is 4.72. The molecule has 0 spiro atoms. The van der Waals surface area contributed by atoms with Crippen LogP contribution in [0.1, 0.15) is 6.42 Å². The molecule has 0 radical (unpaired) electrons. The first-order chi connectivity index (χ1) is 14.6. The molecule has 5 rings (SSSR count). The number of fused-ring (bicyclic) bond motifs is 2. The Balaban J connectivity index is 1.24. The molecule has 0 saturated carbocycles. The summed E-state index contributed by atoms with van der Waals surface area (Å²) in [6, 6.07) is 5.58. The summed E-state index contributed by atoms with van der Waals surface area (Å²) in [5.41, 5.74) is 1.90. The van der Waals surface area contributed by atoms with E-state index in [-0.39, 0.29) is 31.2 Å². The van der Waals surface area contributed by atoms with E-state index >= 15 is 0 Å². The van der Waals surface area contributed by atoms with Gasteiger partial charge in [0.2, 0.25) is 12.7 Å². The average molecular weight is 424 g/mol. The van der Waals surface area contributed by atoms with E-state index in [0.717, 1.165) is 11.3 Å².